The largest absolute Gasteiger partial charge is 0.454 e. The van der Waals surface area contributed by atoms with Gasteiger partial charge in [0.2, 0.25) is 6.29 Å². The maximum absolute atomic E-state index is 11.7. The topological polar surface area (TPSA) is 38.8 Å². The normalized spacial score (nSPS) is 21.1. The zero-order valence-electron chi connectivity index (χ0n) is 13.1. The maximum Gasteiger partial charge on any atom is 0.412 e. The molecule has 22 heavy (non-hydrogen) atoms. The Hall–Kier alpha value is -1.42. The molecule has 120 valence electrons. The van der Waals surface area contributed by atoms with Crippen LogP contribution in [0.15, 0.2) is 12.1 Å². The summed E-state index contributed by atoms with van der Waals surface area (Å²) in [6.07, 6.45) is 5.80. The van der Waals surface area contributed by atoms with E-state index in [4.69, 9.17) is 21.1 Å². The molecule has 5 heteroatoms. The molecule has 1 aliphatic carbocycles. The van der Waals surface area contributed by atoms with Gasteiger partial charge in [0.15, 0.2) is 0 Å². The van der Waals surface area contributed by atoms with E-state index in [0.29, 0.717) is 12.3 Å². The van der Waals surface area contributed by atoms with Crippen LogP contribution in [0.3, 0.4) is 0 Å². The van der Waals surface area contributed by atoms with E-state index in [-0.39, 0.29) is 6.09 Å². The minimum absolute atomic E-state index is 0.386. The molecule has 1 saturated carbocycles. The van der Waals surface area contributed by atoms with Gasteiger partial charge in [-0.2, -0.15) is 0 Å². The number of benzene rings is 1. The van der Waals surface area contributed by atoms with Crippen LogP contribution in [-0.2, 0) is 11.2 Å². The number of carbonyl (C=O) groups excluding carboxylic acids is 1. The molecule has 0 spiro atoms. The molecule has 1 aromatic carbocycles. The van der Waals surface area contributed by atoms with E-state index in [1.165, 1.54) is 42.6 Å². The average Bonchev–Trinajstić information content (AvgIpc) is 2.89. The second-order valence-electron chi connectivity index (χ2n) is 6.35. The van der Waals surface area contributed by atoms with Crippen molar-refractivity contribution in [3.05, 3.63) is 28.3 Å². The van der Waals surface area contributed by atoms with E-state index in [1.807, 2.05) is 12.1 Å². The summed E-state index contributed by atoms with van der Waals surface area (Å²) in [6, 6.07) is 3.94. The molecule has 0 radical (unpaired) electrons. The third kappa shape index (κ3) is 3.17. The van der Waals surface area contributed by atoms with Gasteiger partial charge >= 0.3 is 6.09 Å². The number of halogens is 1. The Balaban J connectivity index is 1.81. The molecule has 1 unspecified atom stereocenters. The molecule has 0 aromatic heterocycles. The van der Waals surface area contributed by atoms with Crippen LogP contribution in [0.25, 0.3) is 0 Å². The van der Waals surface area contributed by atoms with E-state index in [1.54, 1.807) is 14.1 Å². The highest BCUT2D eigenvalue weighted by atomic mass is 35.5. The Morgan fingerprint density at radius 2 is 2.00 bits per heavy atom. The van der Waals surface area contributed by atoms with E-state index in [0.717, 1.165) is 16.3 Å². The van der Waals surface area contributed by atoms with Gasteiger partial charge in [-0.15, -0.1) is 0 Å². The Morgan fingerprint density at radius 3 is 2.68 bits per heavy atom. The zero-order chi connectivity index (χ0) is 15.7. The first-order valence-corrected chi connectivity index (χ1v) is 8.29. The van der Waals surface area contributed by atoms with Crippen molar-refractivity contribution in [3.8, 4) is 5.75 Å². The number of rotatable bonds is 2. The molecule has 0 bridgehead atoms. The second-order valence-corrected chi connectivity index (χ2v) is 6.78. The summed E-state index contributed by atoms with van der Waals surface area (Å²) in [5, 5.41) is 0.738. The molecule has 4 nitrogen and oxygen atoms in total. The third-order valence-corrected chi connectivity index (χ3v) is 4.66. The van der Waals surface area contributed by atoms with Crippen LogP contribution in [0.1, 0.15) is 49.1 Å². The van der Waals surface area contributed by atoms with Gasteiger partial charge in [-0.05, 0) is 36.5 Å². The number of ether oxygens (including phenoxy) is 2. The standard InChI is InChI=1S/C17H22ClNO3/c1-19(2)17(20)22-15-9-12-8-13(18)10-14(16(12)21-15)11-6-4-3-5-7-11/h8,10-11,15H,3-7,9H2,1-2H3. The number of hydrogen-bond acceptors (Lipinski definition) is 3. The zero-order valence-corrected chi connectivity index (χ0v) is 13.9. The first kappa shape index (κ1) is 15.5. The molecular formula is C17H22ClNO3. The SMILES string of the molecule is CN(C)C(=O)OC1Cc2cc(Cl)cc(C3CCCCC3)c2O1. The van der Waals surface area contributed by atoms with Crippen molar-refractivity contribution in [2.24, 2.45) is 0 Å². The van der Waals surface area contributed by atoms with Crippen LogP contribution < -0.4 is 4.74 Å². The van der Waals surface area contributed by atoms with E-state index in [2.05, 4.69) is 0 Å². The average molecular weight is 324 g/mol. The fourth-order valence-corrected chi connectivity index (χ4v) is 3.57. The number of carbonyl (C=O) groups is 1. The minimum Gasteiger partial charge on any atom is -0.454 e. The fraction of sp³-hybridized carbons (Fsp3) is 0.588. The van der Waals surface area contributed by atoms with Crippen LogP contribution >= 0.6 is 11.6 Å². The van der Waals surface area contributed by atoms with Crippen molar-refractivity contribution in [2.75, 3.05) is 14.1 Å². The first-order chi connectivity index (χ1) is 10.5. The quantitative estimate of drug-likeness (QED) is 0.812. The molecule has 1 fully saturated rings. The molecule has 0 saturated heterocycles. The molecular weight excluding hydrogens is 302 g/mol. The molecule has 0 N–H and O–H groups in total. The van der Waals surface area contributed by atoms with Crippen molar-refractivity contribution in [1.82, 2.24) is 4.90 Å². The fourth-order valence-electron chi connectivity index (χ4n) is 3.32. The van der Waals surface area contributed by atoms with Crippen LogP contribution in [0.4, 0.5) is 4.79 Å². The lowest BCUT2D eigenvalue weighted by Gasteiger charge is -2.24. The van der Waals surface area contributed by atoms with E-state index in [9.17, 15) is 4.79 Å². The summed E-state index contributed by atoms with van der Waals surface area (Å²) >= 11 is 6.28. The van der Waals surface area contributed by atoms with Gasteiger partial charge in [0.25, 0.3) is 0 Å². The van der Waals surface area contributed by atoms with Gasteiger partial charge < -0.3 is 14.4 Å². The summed E-state index contributed by atoms with van der Waals surface area (Å²) in [5.74, 6) is 1.39. The van der Waals surface area contributed by atoms with Crippen LogP contribution in [0.2, 0.25) is 5.02 Å². The summed E-state index contributed by atoms with van der Waals surface area (Å²) in [6.45, 7) is 0. The monoisotopic (exact) mass is 323 g/mol. The summed E-state index contributed by atoms with van der Waals surface area (Å²) in [5.41, 5.74) is 2.23. The highest BCUT2D eigenvalue weighted by molar-refractivity contribution is 6.30. The van der Waals surface area contributed by atoms with E-state index >= 15 is 0 Å². The summed E-state index contributed by atoms with van der Waals surface area (Å²) in [4.78, 5) is 13.1. The Morgan fingerprint density at radius 1 is 1.27 bits per heavy atom. The van der Waals surface area contributed by atoms with Crippen LogP contribution in [0, 0.1) is 0 Å². The Kier molecular flexibility index (Phi) is 4.48. The highest BCUT2D eigenvalue weighted by Crippen LogP contribution is 2.44. The maximum atomic E-state index is 11.7. The van der Waals surface area contributed by atoms with Crippen molar-refractivity contribution in [2.45, 2.75) is 50.7 Å². The molecule has 1 amide bonds. The van der Waals surface area contributed by atoms with Gasteiger partial charge in [0.05, 0.1) is 6.42 Å². The Bertz CT molecular complexity index is 567. The molecule has 1 heterocycles. The number of fused-ring (bicyclic) bond motifs is 1. The summed E-state index contributed by atoms with van der Waals surface area (Å²) in [7, 11) is 3.32. The number of hydrogen-bond donors (Lipinski definition) is 0. The predicted octanol–water partition coefficient (Wildman–Crippen LogP) is 4.35. The van der Waals surface area contributed by atoms with Gasteiger partial charge in [-0.3, -0.25) is 0 Å². The molecule has 1 atom stereocenters. The van der Waals surface area contributed by atoms with Crippen LogP contribution in [-0.4, -0.2) is 31.4 Å². The molecule has 1 aliphatic heterocycles. The second kappa shape index (κ2) is 6.37. The lowest BCUT2D eigenvalue weighted by molar-refractivity contribution is -0.0279. The van der Waals surface area contributed by atoms with Crippen molar-refractivity contribution in [1.29, 1.82) is 0 Å². The van der Waals surface area contributed by atoms with E-state index < -0.39 is 6.29 Å². The summed E-state index contributed by atoms with van der Waals surface area (Å²) < 4.78 is 11.3. The van der Waals surface area contributed by atoms with Crippen molar-refractivity contribution in [3.63, 3.8) is 0 Å². The smallest absolute Gasteiger partial charge is 0.412 e. The molecule has 2 aliphatic rings. The molecule has 3 rings (SSSR count). The first-order valence-electron chi connectivity index (χ1n) is 7.91. The van der Waals surface area contributed by atoms with Gasteiger partial charge in [-0.25, -0.2) is 4.79 Å². The van der Waals surface area contributed by atoms with Gasteiger partial charge in [0, 0.05) is 24.7 Å². The third-order valence-electron chi connectivity index (χ3n) is 4.44. The highest BCUT2D eigenvalue weighted by Gasteiger charge is 2.31. The van der Waals surface area contributed by atoms with Crippen LogP contribution in [0.5, 0.6) is 5.75 Å². The predicted molar refractivity (Wildman–Crippen MR) is 85.6 cm³/mol. The van der Waals surface area contributed by atoms with Crippen molar-refractivity contribution < 1.29 is 14.3 Å². The van der Waals surface area contributed by atoms with Gasteiger partial charge in [-0.1, -0.05) is 30.9 Å². The van der Waals surface area contributed by atoms with Crippen molar-refractivity contribution >= 4 is 17.7 Å². The lowest BCUT2D eigenvalue weighted by Crippen LogP contribution is -2.30. The number of nitrogens with zero attached hydrogens (tertiary/aromatic N) is 1. The molecule has 1 aromatic rings. The van der Waals surface area contributed by atoms with Gasteiger partial charge in [0.1, 0.15) is 5.75 Å². The lowest BCUT2D eigenvalue weighted by atomic mass is 9.83. The minimum atomic E-state index is -0.550. The Labute approximate surface area is 136 Å². The number of amides is 1.